The Hall–Kier alpha value is -2.84. The van der Waals surface area contributed by atoms with E-state index in [9.17, 15) is 13.2 Å². The molecule has 0 spiro atoms. The van der Waals surface area contributed by atoms with E-state index in [4.69, 9.17) is 11.6 Å². The first kappa shape index (κ1) is 20.9. The van der Waals surface area contributed by atoms with Crippen LogP contribution in [0.1, 0.15) is 15.9 Å². The van der Waals surface area contributed by atoms with Crippen molar-refractivity contribution >= 4 is 38.9 Å². The fraction of sp³-hybridized carbons (Fsp3) is 0.200. The molecule has 0 unspecified atom stereocenters. The van der Waals surface area contributed by atoms with Crippen molar-refractivity contribution in [3.8, 4) is 0 Å². The lowest BCUT2D eigenvalue weighted by Crippen LogP contribution is -2.17. The highest BCUT2D eigenvalue weighted by Gasteiger charge is 2.17. The lowest BCUT2D eigenvalue weighted by molar-refractivity contribution is 0.102. The maximum absolute atomic E-state index is 12.6. The molecule has 1 aromatic heterocycles. The molecule has 1 amide bonds. The molecule has 0 bridgehead atoms. The third-order valence-corrected chi connectivity index (χ3v) is 5.91. The molecular formula is C20H21ClN4O3S. The molecule has 7 nitrogen and oxygen atoms in total. The Morgan fingerprint density at radius 3 is 2.45 bits per heavy atom. The number of benzene rings is 2. The molecule has 1 N–H and O–H groups in total. The zero-order valence-corrected chi connectivity index (χ0v) is 17.8. The van der Waals surface area contributed by atoms with Crippen LogP contribution in [0, 0.1) is 0 Å². The van der Waals surface area contributed by atoms with Crippen molar-refractivity contribution in [2.45, 2.75) is 11.4 Å². The lowest BCUT2D eigenvalue weighted by atomic mass is 10.2. The van der Waals surface area contributed by atoms with Crippen LogP contribution in [0.2, 0.25) is 5.02 Å². The highest BCUT2D eigenvalue weighted by atomic mass is 35.5. The van der Waals surface area contributed by atoms with Crippen LogP contribution in [0.5, 0.6) is 0 Å². The van der Waals surface area contributed by atoms with Gasteiger partial charge in [-0.2, -0.15) is 5.10 Å². The van der Waals surface area contributed by atoms with Gasteiger partial charge in [0.2, 0.25) is 0 Å². The van der Waals surface area contributed by atoms with Crippen LogP contribution in [0.4, 0.5) is 11.5 Å². The van der Waals surface area contributed by atoms with Crippen LogP contribution < -0.4 is 10.2 Å². The van der Waals surface area contributed by atoms with Gasteiger partial charge in [-0.3, -0.25) is 4.79 Å². The summed E-state index contributed by atoms with van der Waals surface area (Å²) >= 11 is 5.95. The van der Waals surface area contributed by atoms with Crippen LogP contribution in [-0.2, 0) is 16.4 Å². The lowest BCUT2D eigenvalue weighted by Gasteiger charge is -2.13. The van der Waals surface area contributed by atoms with Crippen LogP contribution >= 0.6 is 11.6 Å². The quantitative estimate of drug-likeness (QED) is 0.646. The molecule has 3 rings (SSSR count). The average molecular weight is 433 g/mol. The standard InChI is InChI=1S/C20H21ClN4O3S/c1-24(2)16-7-4-14(5-8-16)13-25-19(10-11-22-25)23-20(26)15-6-9-17(21)18(12-15)29(3,27)28/h4-12H,13H2,1-3H3,(H,23,26). The Bertz CT molecular complexity index is 1140. The molecule has 2 aromatic carbocycles. The molecule has 0 radical (unpaired) electrons. The third-order valence-electron chi connectivity index (χ3n) is 4.34. The minimum Gasteiger partial charge on any atom is -0.378 e. The van der Waals surface area contributed by atoms with Gasteiger partial charge in [0.05, 0.1) is 22.7 Å². The fourth-order valence-corrected chi connectivity index (χ4v) is 4.06. The van der Waals surface area contributed by atoms with Crippen molar-refractivity contribution in [3.05, 3.63) is 70.9 Å². The third kappa shape index (κ3) is 4.96. The molecule has 0 aliphatic rings. The Morgan fingerprint density at radius 2 is 1.83 bits per heavy atom. The first-order valence-electron chi connectivity index (χ1n) is 8.74. The predicted molar refractivity (Wildman–Crippen MR) is 115 cm³/mol. The molecule has 0 aliphatic heterocycles. The van der Waals surface area contributed by atoms with Gasteiger partial charge in [0.25, 0.3) is 5.91 Å². The van der Waals surface area contributed by atoms with Gasteiger partial charge in [-0.15, -0.1) is 0 Å². The van der Waals surface area contributed by atoms with Crippen LogP contribution in [0.25, 0.3) is 0 Å². The zero-order valence-electron chi connectivity index (χ0n) is 16.3. The Kier molecular flexibility index (Phi) is 5.95. The second kappa shape index (κ2) is 8.26. The normalized spacial score (nSPS) is 11.3. The molecule has 0 saturated heterocycles. The number of halogens is 1. The fourth-order valence-electron chi connectivity index (χ4n) is 2.75. The number of anilines is 2. The Morgan fingerprint density at radius 1 is 1.14 bits per heavy atom. The maximum atomic E-state index is 12.6. The molecule has 9 heteroatoms. The molecule has 0 saturated carbocycles. The molecule has 0 aliphatic carbocycles. The summed E-state index contributed by atoms with van der Waals surface area (Å²) in [6.45, 7) is 0.478. The second-order valence-corrected chi connectivity index (χ2v) is 9.20. The summed E-state index contributed by atoms with van der Waals surface area (Å²) in [4.78, 5) is 14.6. The highest BCUT2D eigenvalue weighted by Crippen LogP contribution is 2.23. The molecule has 1 heterocycles. The van der Waals surface area contributed by atoms with Crippen molar-refractivity contribution in [3.63, 3.8) is 0 Å². The molecule has 0 fully saturated rings. The van der Waals surface area contributed by atoms with Gasteiger partial charge in [-0.1, -0.05) is 23.7 Å². The monoisotopic (exact) mass is 432 g/mol. The van der Waals surface area contributed by atoms with Gasteiger partial charge < -0.3 is 10.2 Å². The van der Waals surface area contributed by atoms with E-state index >= 15 is 0 Å². The number of amides is 1. The van der Waals surface area contributed by atoms with E-state index in [1.807, 2.05) is 43.3 Å². The summed E-state index contributed by atoms with van der Waals surface area (Å²) in [5.41, 5.74) is 2.31. The van der Waals surface area contributed by atoms with E-state index in [0.29, 0.717) is 12.4 Å². The minimum absolute atomic E-state index is 0.0789. The number of nitrogens with one attached hydrogen (secondary N) is 1. The Balaban J connectivity index is 1.79. The molecule has 3 aromatic rings. The van der Waals surface area contributed by atoms with E-state index in [0.717, 1.165) is 17.5 Å². The van der Waals surface area contributed by atoms with Gasteiger partial charge in [0.1, 0.15) is 5.82 Å². The van der Waals surface area contributed by atoms with E-state index in [1.165, 1.54) is 18.2 Å². The van der Waals surface area contributed by atoms with Crippen LogP contribution in [0.15, 0.2) is 59.6 Å². The van der Waals surface area contributed by atoms with Crippen molar-refractivity contribution in [1.82, 2.24) is 9.78 Å². The van der Waals surface area contributed by atoms with Gasteiger partial charge in [0.15, 0.2) is 9.84 Å². The van der Waals surface area contributed by atoms with Gasteiger partial charge in [-0.05, 0) is 35.9 Å². The van der Waals surface area contributed by atoms with Gasteiger partial charge in [0, 0.05) is 37.7 Å². The summed E-state index contributed by atoms with van der Waals surface area (Å²) < 4.78 is 25.3. The summed E-state index contributed by atoms with van der Waals surface area (Å²) in [5.74, 6) is 0.0545. The number of carbonyl (C=O) groups excluding carboxylic acids is 1. The number of hydrogen-bond acceptors (Lipinski definition) is 5. The van der Waals surface area contributed by atoms with Crippen molar-refractivity contribution in [2.24, 2.45) is 0 Å². The largest absolute Gasteiger partial charge is 0.378 e. The first-order valence-corrected chi connectivity index (χ1v) is 11.0. The summed E-state index contributed by atoms with van der Waals surface area (Å²) in [7, 11) is 0.406. The number of hydrogen-bond donors (Lipinski definition) is 1. The van der Waals surface area contributed by atoms with Crippen LogP contribution in [-0.4, -0.2) is 44.5 Å². The van der Waals surface area contributed by atoms with Crippen molar-refractivity contribution < 1.29 is 13.2 Å². The summed E-state index contributed by atoms with van der Waals surface area (Å²) in [6.07, 6.45) is 2.64. The molecular weight excluding hydrogens is 412 g/mol. The highest BCUT2D eigenvalue weighted by molar-refractivity contribution is 7.90. The smallest absolute Gasteiger partial charge is 0.256 e. The molecule has 152 valence electrons. The van der Waals surface area contributed by atoms with E-state index in [1.54, 1.807) is 16.9 Å². The number of carbonyl (C=O) groups is 1. The van der Waals surface area contributed by atoms with E-state index in [-0.39, 0.29) is 15.5 Å². The van der Waals surface area contributed by atoms with Crippen LogP contribution in [0.3, 0.4) is 0 Å². The topological polar surface area (TPSA) is 84.3 Å². The maximum Gasteiger partial charge on any atom is 0.256 e. The first-order chi connectivity index (χ1) is 13.6. The summed E-state index contributed by atoms with van der Waals surface area (Å²) in [5, 5.41) is 7.11. The number of aromatic nitrogens is 2. The zero-order chi connectivity index (χ0) is 21.2. The van der Waals surface area contributed by atoms with Gasteiger partial charge in [-0.25, -0.2) is 13.1 Å². The number of rotatable bonds is 6. The number of nitrogens with zero attached hydrogens (tertiary/aromatic N) is 3. The van der Waals surface area contributed by atoms with E-state index in [2.05, 4.69) is 10.4 Å². The average Bonchev–Trinajstić information content (AvgIpc) is 3.08. The second-order valence-electron chi connectivity index (χ2n) is 6.81. The van der Waals surface area contributed by atoms with Crippen molar-refractivity contribution in [2.75, 3.05) is 30.6 Å². The van der Waals surface area contributed by atoms with Crippen molar-refractivity contribution in [1.29, 1.82) is 0 Å². The SMILES string of the molecule is CN(C)c1ccc(Cn2nccc2NC(=O)c2ccc(Cl)c(S(C)(=O)=O)c2)cc1. The number of sulfone groups is 1. The van der Waals surface area contributed by atoms with Gasteiger partial charge >= 0.3 is 0 Å². The molecule has 29 heavy (non-hydrogen) atoms. The minimum atomic E-state index is -3.54. The molecule has 0 atom stereocenters. The summed E-state index contributed by atoms with van der Waals surface area (Å²) in [6, 6.07) is 13.9. The predicted octanol–water partition coefficient (Wildman–Crippen LogP) is 3.31. The Labute approximate surface area is 174 Å². The van der Waals surface area contributed by atoms with E-state index < -0.39 is 15.7 Å².